The van der Waals surface area contributed by atoms with Crippen LogP contribution in [0.1, 0.15) is 44.9 Å². The molecule has 0 atom stereocenters. The van der Waals surface area contributed by atoms with Gasteiger partial charge in [-0.2, -0.15) is 0 Å². The summed E-state index contributed by atoms with van der Waals surface area (Å²) in [6.45, 7) is 1.85. The Bertz CT molecular complexity index is 598. The third-order valence-electron chi connectivity index (χ3n) is 7.21. The second-order valence-corrected chi connectivity index (χ2v) is 8.78. The zero-order chi connectivity index (χ0) is 16.8. The molecule has 0 unspecified atom stereocenters. The van der Waals surface area contributed by atoms with Gasteiger partial charge in [0.1, 0.15) is 0 Å². The SMILES string of the molecule is O=C(NC1CCN(c2ncccn2)CC1)C1C2CC3CC(C2)CC1C3. The summed E-state index contributed by atoms with van der Waals surface area (Å²) in [6.07, 6.45) is 12.3. The first-order valence-corrected chi connectivity index (χ1v) is 10.1. The van der Waals surface area contributed by atoms with Crippen LogP contribution in [0.5, 0.6) is 0 Å². The minimum absolute atomic E-state index is 0.309. The normalized spacial score (nSPS) is 37.3. The largest absolute Gasteiger partial charge is 0.353 e. The molecule has 5 fully saturated rings. The molecule has 4 bridgehead atoms. The summed E-state index contributed by atoms with van der Waals surface area (Å²) in [5.41, 5.74) is 0. The van der Waals surface area contributed by atoms with E-state index < -0.39 is 0 Å². The number of nitrogens with one attached hydrogen (secondary N) is 1. The number of piperidine rings is 1. The van der Waals surface area contributed by atoms with Crippen molar-refractivity contribution in [1.82, 2.24) is 15.3 Å². The summed E-state index contributed by atoms with van der Waals surface area (Å²) in [6, 6.07) is 2.17. The van der Waals surface area contributed by atoms with Gasteiger partial charge in [-0.15, -0.1) is 0 Å². The van der Waals surface area contributed by atoms with Gasteiger partial charge >= 0.3 is 0 Å². The number of rotatable bonds is 3. The molecule has 4 aliphatic carbocycles. The van der Waals surface area contributed by atoms with Gasteiger partial charge in [-0.05, 0) is 74.7 Å². The Morgan fingerprint density at radius 2 is 1.56 bits per heavy atom. The smallest absolute Gasteiger partial charge is 0.225 e. The first-order chi connectivity index (χ1) is 12.3. The summed E-state index contributed by atoms with van der Waals surface area (Å²) in [4.78, 5) is 23.9. The summed E-state index contributed by atoms with van der Waals surface area (Å²) >= 11 is 0. The second-order valence-electron chi connectivity index (χ2n) is 8.78. The number of hydrogen-bond acceptors (Lipinski definition) is 4. The van der Waals surface area contributed by atoms with Gasteiger partial charge in [-0.1, -0.05) is 0 Å². The van der Waals surface area contributed by atoms with Gasteiger partial charge in [-0.3, -0.25) is 4.79 Å². The standard InChI is InChI=1S/C20H28N4O/c25-19(18-15-9-13-8-14(11-15)12-16(18)10-13)23-17-2-6-24(7-3-17)20-21-4-1-5-22-20/h1,4-5,13-18H,2-3,6-12H2,(H,23,25). The number of anilines is 1. The first-order valence-electron chi connectivity index (χ1n) is 10.1. The van der Waals surface area contributed by atoms with Crippen molar-refractivity contribution in [2.45, 2.75) is 51.0 Å². The van der Waals surface area contributed by atoms with E-state index in [1.807, 2.05) is 6.07 Å². The topological polar surface area (TPSA) is 58.1 Å². The van der Waals surface area contributed by atoms with Crippen LogP contribution in [0, 0.1) is 29.6 Å². The van der Waals surface area contributed by atoms with Gasteiger partial charge in [0, 0.05) is 37.4 Å². The fraction of sp³-hybridized carbons (Fsp3) is 0.750. The molecule has 5 aliphatic rings. The van der Waals surface area contributed by atoms with Crippen molar-refractivity contribution in [3.63, 3.8) is 0 Å². The average Bonchev–Trinajstić information content (AvgIpc) is 2.62. The van der Waals surface area contributed by atoms with Crippen LogP contribution in [-0.2, 0) is 4.79 Å². The lowest BCUT2D eigenvalue weighted by molar-refractivity contribution is -0.139. The molecule has 1 N–H and O–H groups in total. The van der Waals surface area contributed by atoms with Crippen molar-refractivity contribution >= 4 is 11.9 Å². The van der Waals surface area contributed by atoms with Gasteiger partial charge < -0.3 is 10.2 Å². The molecule has 0 spiro atoms. The fourth-order valence-corrected chi connectivity index (χ4v) is 6.33. The van der Waals surface area contributed by atoms with Crippen molar-refractivity contribution in [1.29, 1.82) is 0 Å². The number of nitrogens with zero attached hydrogens (tertiary/aromatic N) is 3. The zero-order valence-electron chi connectivity index (χ0n) is 14.8. The molecule has 0 radical (unpaired) electrons. The van der Waals surface area contributed by atoms with E-state index in [0.717, 1.165) is 43.7 Å². The molecule has 1 aliphatic heterocycles. The van der Waals surface area contributed by atoms with E-state index in [4.69, 9.17) is 0 Å². The van der Waals surface area contributed by atoms with Gasteiger partial charge in [0.2, 0.25) is 11.9 Å². The Balaban J connectivity index is 1.17. The van der Waals surface area contributed by atoms with Gasteiger partial charge in [0.05, 0.1) is 0 Å². The molecule has 1 saturated heterocycles. The van der Waals surface area contributed by atoms with Crippen molar-refractivity contribution in [3.05, 3.63) is 18.5 Å². The van der Waals surface area contributed by atoms with E-state index in [2.05, 4.69) is 20.2 Å². The number of aromatic nitrogens is 2. The maximum Gasteiger partial charge on any atom is 0.225 e. The average molecular weight is 340 g/mol. The van der Waals surface area contributed by atoms with E-state index in [0.29, 0.717) is 29.7 Å². The minimum atomic E-state index is 0.309. The van der Waals surface area contributed by atoms with Crippen molar-refractivity contribution < 1.29 is 4.79 Å². The van der Waals surface area contributed by atoms with Crippen LogP contribution >= 0.6 is 0 Å². The van der Waals surface area contributed by atoms with E-state index in [9.17, 15) is 4.79 Å². The molecular formula is C20H28N4O. The van der Waals surface area contributed by atoms with Crippen LogP contribution in [0.3, 0.4) is 0 Å². The maximum absolute atomic E-state index is 13.0. The molecule has 5 nitrogen and oxygen atoms in total. The van der Waals surface area contributed by atoms with Crippen molar-refractivity contribution in [2.75, 3.05) is 18.0 Å². The molecule has 6 rings (SSSR count). The molecule has 1 aromatic rings. The molecular weight excluding hydrogens is 312 g/mol. The van der Waals surface area contributed by atoms with Crippen LogP contribution < -0.4 is 10.2 Å². The highest BCUT2D eigenvalue weighted by Crippen LogP contribution is 2.56. The minimum Gasteiger partial charge on any atom is -0.353 e. The second kappa shape index (κ2) is 6.26. The molecule has 1 amide bonds. The van der Waals surface area contributed by atoms with E-state index in [1.54, 1.807) is 12.4 Å². The highest BCUT2D eigenvalue weighted by Gasteiger charge is 2.50. The molecule has 0 aromatic carbocycles. The predicted octanol–water partition coefficient (Wildman–Crippen LogP) is 2.63. The highest BCUT2D eigenvalue weighted by molar-refractivity contribution is 5.80. The Morgan fingerprint density at radius 3 is 2.16 bits per heavy atom. The lowest BCUT2D eigenvalue weighted by Crippen LogP contribution is -2.54. The molecule has 25 heavy (non-hydrogen) atoms. The lowest BCUT2D eigenvalue weighted by atomic mass is 9.51. The lowest BCUT2D eigenvalue weighted by Gasteiger charge is -2.53. The highest BCUT2D eigenvalue weighted by atomic mass is 16.2. The third-order valence-corrected chi connectivity index (χ3v) is 7.21. The van der Waals surface area contributed by atoms with Crippen LogP contribution in [0.2, 0.25) is 0 Å². The fourth-order valence-electron chi connectivity index (χ4n) is 6.33. The molecule has 2 heterocycles. The van der Waals surface area contributed by atoms with Crippen LogP contribution in [0.15, 0.2) is 18.5 Å². The van der Waals surface area contributed by atoms with E-state index >= 15 is 0 Å². The quantitative estimate of drug-likeness (QED) is 0.919. The maximum atomic E-state index is 13.0. The summed E-state index contributed by atoms with van der Waals surface area (Å²) in [7, 11) is 0. The van der Waals surface area contributed by atoms with Gasteiger partial charge in [0.15, 0.2) is 0 Å². The van der Waals surface area contributed by atoms with E-state index in [1.165, 1.54) is 32.1 Å². The molecule has 5 heteroatoms. The molecule has 1 aromatic heterocycles. The van der Waals surface area contributed by atoms with Crippen molar-refractivity contribution in [3.8, 4) is 0 Å². The first kappa shape index (κ1) is 15.6. The Hall–Kier alpha value is -1.65. The summed E-state index contributed by atoms with van der Waals surface area (Å²) in [5.74, 6) is 4.70. The molecule has 4 saturated carbocycles. The number of carbonyl (C=O) groups is 1. The predicted molar refractivity (Wildman–Crippen MR) is 95.9 cm³/mol. The van der Waals surface area contributed by atoms with Gasteiger partial charge in [0.25, 0.3) is 0 Å². The number of amides is 1. The Kier molecular flexibility index (Phi) is 3.90. The summed E-state index contributed by atoms with van der Waals surface area (Å²) in [5, 5.41) is 3.41. The van der Waals surface area contributed by atoms with Gasteiger partial charge in [-0.25, -0.2) is 9.97 Å². The Labute approximate surface area is 149 Å². The molecule has 134 valence electrons. The van der Waals surface area contributed by atoms with Crippen LogP contribution in [-0.4, -0.2) is 35.0 Å². The van der Waals surface area contributed by atoms with Crippen molar-refractivity contribution in [2.24, 2.45) is 29.6 Å². The Morgan fingerprint density at radius 1 is 0.960 bits per heavy atom. The zero-order valence-corrected chi connectivity index (χ0v) is 14.8. The van der Waals surface area contributed by atoms with Crippen LogP contribution in [0.4, 0.5) is 5.95 Å². The van der Waals surface area contributed by atoms with Crippen LogP contribution in [0.25, 0.3) is 0 Å². The monoisotopic (exact) mass is 340 g/mol. The third kappa shape index (κ3) is 2.91. The summed E-state index contributed by atoms with van der Waals surface area (Å²) < 4.78 is 0. The van der Waals surface area contributed by atoms with E-state index in [-0.39, 0.29) is 0 Å². The number of hydrogen-bond donors (Lipinski definition) is 1. The number of carbonyl (C=O) groups excluding carboxylic acids is 1.